The maximum Gasteiger partial charge on any atom is 0.267 e. The lowest BCUT2D eigenvalue weighted by Crippen LogP contribution is -2.30. The molecule has 0 aliphatic heterocycles. The van der Waals surface area contributed by atoms with Gasteiger partial charge in [0.1, 0.15) is 23.3 Å². The summed E-state index contributed by atoms with van der Waals surface area (Å²) in [6.07, 6.45) is 4.39. The molecule has 3 aromatic heterocycles. The van der Waals surface area contributed by atoms with Gasteiger partial charge in [0, 0.05) is 6.20 Å². The molecule has 36 heavy (non-hydrogen) atoms. The summed E-state index contributed by atoms with van der Waals surface area (Å²) in [6, 6.07) is 7.83. The van der Waals surface area contributed by atoms with Crippen LogP contribution in [0.2, 0.25) is 5.02 Å². The SMILES string of the molecule is N#Cc1c(N)nc(N)nc1NC(c1nc2cccc(Cl)c2c(=O)n1-c1cncc(C(N)=O)c1)C1CC1. The van der Waals surface area contributed by atoms with Gasteiger partial charge in [0.15, 0.2) is 5.82 Å². The van der Waals surface area contributed by atoms with Crippen LogP contribution in [0, 0.1) is 17.2 Å². The molecule has 1 unspecified atom stereocenters. The number of nitrogens with one attached hydrogen (secondary N) is 1. The lowest BCUT2D eigenvalue weighted by atomic mass is 10.1. The number of hydrogen-bond donors (Lipinski definition) is 4. The Bertz CT molecular complexity index is 1640. The van der Waals surface area contributed by atoms with Crippen LogP contribution in [-0.2, 0) is 0 Å². The summed E-state index contributed by atoms with van der Waals surface area (Å²) in [7, 11) is 0. The third-order valence-electron chi connectivity index (χ3n) is 5.87. The number of nitrogens with two attached hydrogens (primary N) is 3. The third-order valence-corrected chi connectivity index (χ3v) is 6.18. The van der Waals surface area contributed by atoms with Crippen molar-refractivity contribution in [3.63, 3.8) is 0 Å². The minimum atomic E-state index is -0.701. The Morgan fingerprint density at radius 3 is 2.69 bits per heavy atom. The van der Waals surface area contributed by atoms with Crippen molar-refractivity contribution in [1.82, 2.24) is 24.5 Å². The quantitative estimate of drug-likeness (QED) is 0.301. The van der Waals surface area contributed by atoms with Crippen LogP contribution in [0.15, 0.2) is 41.5 Å². The van der Waals surface area contributed by atoms with Crippen molar-refractivity contribution in [2.75, 3.05) is 16.8 Å². The van der Waals surface area contributed by atoms with Gasteiger partial charge >= 0.3 is 0 Å². The molecule has 1 amide bonds. The highest BCUT2D eigenvalue weighted by molar-refractivity contribution is 6.35. The Morgan fingerprint density at radius 1 is 1.22 bits per heavy atom. The van der Waals surface area contributed by atoms with Gasteiger partial charge in [-0.1, -0.05) is 17.7 Å². The average molecular weight is 503 g/mol. The number of anilines is 3. The van der Waals surface area contributed by atoms with Crippen molar-refractivity contribution < 1.29 is 4.79 Å². The second kappa shape index (κ2) is 8.79. The molecule has 180 valence electrons. The zero-order chi connectivity index (χ0) is 25.6. The van der Waals surface area contributed by atoms with Crippen LogP contribution in [0.1, 0.15) is 40.6 Å². The lowest BCUT2D eigenvalue weighted by Gasteiger charge is -2.24. The average Bonchev–Trinajstić information content (AvgIpc) is 3.67. The van der Waals surface area contributed by atoms with Gasteiger partial charge in [0.25, 0.3) is 5.56 Å². The van der Waals surface area contributed by atoms with Gasteiger partial charge < -0.3 is 22.5 Å². The Balaban J connectivity index is 1.78. The molecule has 0 spiro atoms. The summed E-state index contributed by atoms with van der Waals surface area (Å²) in [6.45, 7) is 0. The standard InChI is InChI=1S/C23H19ClN10O2/c24-14-2-1-3-15-16(14)22(36)34(12-6-11(19(27)35)8-29-9-12)21(30-15)17(10-4-5-10)31-20-13(7-25)18(26)32-23(28)33-20/h1-3,6,8-10,17H,4-5H2,(H2,27,35)(H5,26,28,31,32,33). The molecule has 1 aliphatic carbocycles. The van der Waals surface area contributed by atoms with E-state index in [2.05, 4.69) is 20.3 Å². The first-order valence-corrected chi connectivity index (χ1v) is 11.2. The number of primary amides is 1. The number of amides is 1. The van der Waals surface area contributed by atoms with Crippen molar-refractivity contribution in [3.05, 3.63) is 69.0 Å². The maximum absolute atomic E-state index is 13.8. The molecule has 4 aromatic rings. The number of hydrogen-bond acceptors (Lipinski definition) is 10. The van der Waals surface area contributed by atoms with Crippen molar-refractivity contribution >= 4 is 46.0 Å². The molecule has 0 radical (unpaired) electrons. The van der Waals surface area contributed by atoms with Gasteiger partial charge in [0.05, 0.1) is 39.4 Å². The molecule has 0 saturated heterocycles. The first kappa shape index (κ1) is 23.0. The fraction of sp³-hybridized carbons (Fsp3) is 0.174. The molecular formula is C23H19ClN10O2. The monoisotopic (exact) mass is 502 g/mol. The van der Waals surface area contributed by atoms with Crippen LogP contribution in [-0.4, -0.2) is 30.4 Å². The van der Waals surface area contributed by atoms with Crippen molar-refractivity contribution in [1.29, 1.82) is 5.26 Å². The Hall–Kier alpha value is -4.76. The summed E-state index contributed by atoms with van der Waals surface area (Å²) < 4.78 is 1.34. The molecule has 7 N–H and O–H groups in total. The fourth-order valence-electron chi connectivity index (χ4n) is 4.03. The second-order valence-corrected chi connectivity index (χ2v) is 8.71. The van der Waals surface area contributed by atoms with E-state index >= 15 is 0 Å². The van der Waals surface area contributed by atoms with E-state index in [1.807, 2.05) is 6.07 Å². The highest BCUT2D eigenvalue weighted by atomic mass is 35.5. The Kier molecular flexibility index (Phi) is 5.62. The van der Waals surface area contributed by atoms with Gasteiger partial charge in [-0.2, -0.15) is 15.2 Å². The Labute approximate surface area is 208 Å². The third kappa shape index (κ3) is 4.01. The van der Waals surface area contributed by atoms with E-state index in [0.29, 0.717) is 11.3 Å². The van der Waals surface area contributed by atoms with E-state index in [-0.39, 0.29) is 50.7 Å². The second-order valence-electron chi connectivity index (χ2n) is 8.30. The van der Waals surface area contributed by atoms with Crippen molar-refractivity contribution in [3.8, 4) is 11.8 Å². The topological polar surface area (TPSA) is 205 Å². The minimum absolute atomic E-state index is 0.0185. The number of rotatable bonds is 6. The van der Waals surface area contributed by atoms with Crippen LogP contribution in [0.5, 0.6) is 0 Å². The number of benzene rings is 1. The summed E-state index contributed by atoms with van der Waals surface area (Å²) in [5, 5.41) is 13.3. The molecule has 0 bridgehead atoms. The molecule has 1 fully saturated rings. The van der Waals surface area contributed by atoms with E-state index in [1.165, 1.54) is 23.0 Å². The van der Waals surface area contributed by atoms with E-state index < -0.39 is 17.5 Å². The molecule has 1 atom stereocenters. The summed E-state index contributed by atoms with van der Waals surface area (Å²) in [5.74, 6) is -0.409. The fourth-order valence-corrected chi connectivity index (χ4v) is 4.28. The molecule has 3 heterocycles. The molecule has 1 saturated carbocycles. The number of carbonyl (C=O) groups is 1. The van der Waals surface area contributed by atoms with Gasteiger partial charge in [-0.25, -0.2) is 4.98 Å². The number of nitrogens with zero attached hydrogens (tertiary/aromatic N) is 6. The molecular weight excluding hydrogens is 484 g/mol. The summed E-state index contributed by atoms with van der Waals surface area (Å²) >= 11 is 6.37. The largest absolute Gasteiger partial charge is 0.382 e. The zero-order valence-corrected chi connectivity index (χ0v) is 19.4. The van der Waals surface area contributed by atoms with Crippen LogP contribution in [0.25, 0.3) is 16.6 Å². The number of nitriles is 1. The minimum Gasteiger partial charge on any atom is -0.382 e. The number of pyridine rings is 1. The highest BCUT2D eigenvalue weighted by Crippen LogP contribution is 2.43. The number of aromatic nitrogens is 5. The molecule has 12 nitrogen and oxygen atoms in total. The van der Waals surface area contributed by atoms with E-state index in [9.17, 15) is 14.9 Å². The van der Waals surface area contributed by atoms with Crippen molar-refractivity contribution in [2.45, 2.75) is 18.9 Å². The molecule has 5 rings (SSSR count). The molecule has 1 aromatic carbocycles. The van der Waals surface area contributed by atoms with Gasteiger partial charge in [-0.3, -0.25) is 19.1 Å². The Morgan fingerprint density at radius 2 is 2.00 bits per heavy atom. The first-order valence-electron chi connectivity index (χ1n) is 10.8. The lowest BCUT2D eigenvalue weighted by molar-refractivity contribution is 0.1000. The number of nitrogen functional groups attached to an aromatic ring is 2. The maximum atomic E-state index is 13.8. The molecule has 1 aliphatic rings. The number of halogens is 1. The normalized spacial score (nSPS) is 13.8. The van der Waals surface area contributed by atoms with E-state index in [4.69, 9.17) is 33.8 Å². The summed E-state index contributed by atoms with van der Waals surface area (Å²) in [4.78, 5) is 42.5. The molecule has 13 heteroatoms. The van der Waals surface area contributed by atoms with E-state index in [1.54, 1.807) is 18.2 Å². The highest BCUT2D eigenvalue weighted by Gasteiger charge is 2.37. The van der Waals surface area contributed by atoms with E-state index in [0.717, 1.165) is 12.8 Å². The zero-order valence-electron chi connectivity index (χ0n) is 18.6. The first-order chi connectivity index (χ1) is 17.3. The predicted molar refractivity (Wildman–Crippen MR) is 133 cm³/mol. The van der Waals surface area contributed by atoms with Gasteiger partial charge in [-0.05, 0) is 37.0 Å². The number of fused-ring (bicyclic) bond motifs is 1. The van der Waals surface area contributed by atoms with Crippen LogP contribution in [0.4, 0.5) is 17.6 Å². The van der Waals surface area contributed by atoms with Crippen LogP contribution >= 0.6 is 11.6 Å². The number of carbonyl (C=O) groups excluding carboxylic acids is 1. The van der Waals surface area contributed by atoms with Gasteiger partial charge in [-0.15, -0.1) is 0 Å². The van der Waals surface area contributed by atoms with Gasteiger partial charge in [0.2, 0.25) is 11.9 Å². The summed E-state index contributed by atoms with van der Waals surface area (Å²) in [5.41, 5.74) is 17.4. The van der Waals surface area contributed by atoms with Crippen LogP contribution in [0.3, 0.4) is 0 Å². The van der Waals surface area contributed by atoms with Crippen molar-refractivity contribution in [2.24, 2.45) is 11.7 Å². The van der Waals surface area contributed by atoms with Crippen LogP contribution < -0.4 is 28.1 Å². The predicted octanol–water partition coefficient (Wildman–Crippen LogP) is 1.92. The smallest absolute Gasteiger partial charge is 0.267 e.